The molecule has 122 valence electrons. The van der Waals surface area contributed by atoms with Crippen LogP contribution < -0.4 is 10.6 Å². The number of benzene rings is 2. The molecule has 1 amide bonds. The quantitative estimate of drug-likeness (QED) is 0.830. The van der Waals surface area contributed by atoms with Gasteiger partial charge in [-0.25, -0.2) is 4.79 Å². The van der Waals surface area contributed by atoms with Crippen molar-refractivity contribution in [1.82, 2.24) is 0 Å². The normalized spacial score (nSPS) is 11.0. The van der Waals surface area contributed by atoms with Crippen LogP contribution in [0.2, 0.25) is 0 Å². The Hall–Kier alpha value is -2.70. The van der Waals surface area contributed by atoms with Gasteiger partial charge in [0.2, 0.25) is 0 Å². The lowest BCUT2D eigenvalue weighted by molar-refractivity contribution is -0.136. The van der Waals surface area contributed by atoms with Crippen LogP contribution in [0.25, 0.3) is 0 Å². The molecule has 0 saturated carbocycles. The van der Waals surface area contributed by atoms with E-state index in [0.29, 0.717) is 11.4 Å². The van der Waals surface area contributed by atoms with Crippen molar-refractivity contribution in [2.75, 3.05) is 17.2 Å². The maximum atomic E-state index is 12.9. The molecule has 0 spiro atoms. The molecular weight excluding hydrogens is 309 g/mol. The van der Waals surface area contributed by atoms with Crippen LogP contribution in [0, 0.1) is 0 Å². The first kappa shape index (κ1) is 16.7. The van der Waals surface area contributed by atoms with E-state index in [1.807, 2.05) is 0 Å². The molecule has 0 bridgehead atoms. The predicted octanol–water partition coefficient (Wildman–Crippen LogP) is 5.02. The fraction of sp³-hybridized carbons (Fsp3) is 0.188. The van der Waals surface area contributed by atoms with E-state index in [2.05, 4.69) is 10.6 Å². The number of rotatable bonds is 4. The number of carbonyl (C=O) groups excluding carboxylic acids is 1. The molecule has 0 atom stereocenters. The maximum Gasteiger partial charge on any atom is 0.418 e. The molecule has 0 aliphatic carbocycles. The Balaban J connectivity index is 2.12. The predicted molar refractivity (Wildman–Crippen MR) is 81.8 cm³/mol. The third-order valence-corrected chi connectivity index (χ3v) is 2.92. The van der Waals surface area contributed by atoms with E-state index in [0.717, 1.165) is 6.07 Å². The number of anilines is 3. The van der Waals surface area contributed by atoms with Crippen LogP contribution in [0.5, 0.6) is 0 Å². The Kier molecular flexibility index (Phi) is 5.10. The molecule has 2 aromatic rings. The number of para-hydroxylation sites is 1. The summed E-state index contributed by atoms with van der Waals surface area (Å²) in [4.78, 5) is 11.3. The number of alkyl halides is 3. The van der Waals surface area contributed by atoms with E-state index in [9.17, 15) is 18.0 Å². The Labute approximate surface area is 131 Å². The summed E-state index contributed by atoms with van der Waals surface area (Å²) in [5.74, 6) is 0. The van der Waals surface area contributed by atoms with Gasteiger partial charge in [-0.1, -0.05) is 12.1 Å². The standard InChI is InChI=1S/C16H15F3N2O2/c1-2-23-15(22)21-12-9-7-11(8-10-12)20-14-6-4-3-5-13(14)16(17,18)19/h3-10,20H,2H2,1H3,(H,21,22). The third kappa shape index (κ3) is 4.64. The van der Waals surface area contributed by atoms with Crippen molar-refractivity contribution in [1.29, 1.82) is 0 Å². The van der Waals surface area contributed by atoms with Gasteiger partial charge < -0.3 is 10.1 Å². The van der Waals surface area contributed by atoms with E-state index in [-0.39, 0.29) is 12.3 Å². The van der Waals surface area contributed by atoms with Crippen LogP contribution in [0.3, 0.4) is 0 Å². The molecule has 0 aliphatic rings. The fourth-order valence-corrected chi connectivity index (χ4v) is 1.92. The molecule has 23 heavy (non-hydrogen) atoms. The molecule has 0 fully saturated rings. The highest BCUT2D eigenvalue weighted by Crippen LogP contribution is 2.35. The summed E-state index contributed by atoms with van der Waals surface area (Å²) in [6.45, 7) is 1.93. The van der Waals surface area contributed by atoms with Gasteiger partial charge in [0.05, 0.1) is 17.9 Å². The van der Waals surface area contributed by atoms with Gasteiger partial charge in [0.1, 0.15) is 0 Å². The molecule has 0 heterocycles. The van der Waals surface area contributed by atoms with E-state index in [4.69, 9.17) is 4.74 Å². The lowest BCUT2D eigenvalue weighted by Gasteiger charge is -2.14. The number of halogens is 3. The van der Waals surface area contributed by atoms with Gasteiger partial charge >= 0.3 is 12.3 Å². The van der Waals surface area contributed by atoms with Gasteiger partial charge in [0.15, 0.2) is 0 Å². The Morgan fingerprint density at radius 1 is 1.04 bits per heavy atom. The highest BCUT2D eigenvalue weighted by molar-refractivity contribution is 5.85. The highest BCUT2D eigenvalue weighted by Gasteiger charge is 2.33. The molecule has 2 aromatic carbocycles. The van der Waals surface area contributed by atoms with Crippen molar-refractivity contribution in [3.63, 3.8) is 0 Å². The van der Waals surface area contributed by atoms with Crippen LogP contribution in [-0.2, 0) is 10.9 Å². The molecular formula is C16H15F3N2O2. The molecule has 0 aliphatic heterocycles. The second kappa shape index (κ2) is 7.04. The average molecular weight is 324 g/mol. The molecule has 0 saturated heterocycles. The SMILES string of the molecule is CCOC(=O)Nc1ccc(Nc2ccccc2C(F)(F)F)cc1. The zero-order valence-corrected chi connectivity index (χ0v) is 12.3. The summed E-state index contributed by atoms with van der Waals surface area (Å²) in [7, 11) is 0. The van der Waals surface area contributed by atoms with Crippen LogP contribution in [0.4, 0.5) is 35.0 Å². The van der Waals surface area contributed by atoms with E-state index in [1.54, 1.807) is 31.2 Å². The molecule has 4 nitrogen and oxygen atoms in total. The lowest BCUT2D eigenvalue weighted by atomic mass is 10.1. The van der Waals surface area contributed by atoms with Gasteiger partial charge in [-0.05, 0) is 43.3 Å². The zero-order valence-electron chi connectivity index (χ0n) is 12.3. The van der Waals surface area contributed by atoms with E-state index < -0.39 is 17.8 Å². The highest BCUT2D eigenvalue weighted by atomic mass is 19.4. The summed E-state index contributed by atoms with van der Waals surface area (Å²) in [6.07, 6.45) is -5.02. The molecule has 7 heteroatoms. The summed E-state index contributed by atoms with van der Waals surface area (Å²) in [5, 5.41) is 5.22. The van der Waals surface area contributed by atoms with Crippen molar-refractivity contribution < 1.29 is 22.7 Å². The summed E-state index contributed by atoms with van der Waals surface area (Å²) in [6, 6.07) is 11.5. The first-order valence-electron chi connectivity index (χ1n) is 6.87. The Bertz CT molecular complexity index is 670. The summed E-state index contributed by atoms with van der Waals surface area (Å²) < 4.78 is 43.5. The summed E-state index contributed by atoms with van der Waals surface area (Å²) >= 11 is 0. The topological polar surface area (TPSA) is 50.4 Å². The second-order valence-electron chi connectivity index (χ2n) is 4.59. The van der Waals surface area contributed by atoms with Crippen molar-refractivity contribution >= 4 is 23.2 Å². The maximum absolute atomic E-state index is 12.9. The molecule has 0 unspecified atom stereocenters. The van der Waals surface area contributed by atoms with Crippen molar-refractivity contribution in [3.8, 4) is 0 Å². The van der Waals surface area contributed by atoms with Crippen LogP contribution in [0.1, 0.15) is 12.5 Å². The second-order valence-corrected chi connectivity index (χ2v) is 4.59. The number of amides is 1. The Morgan fingerprint density at radius 2 is 1.65 bits per heavy atom. The minimum absolute atomic E-state index is 0.0360. The number of nitrogens with one attached hydrogen (secondary N) is 2. The van der Waals surface area contributed by atoms with Crippen molar-refractivity contribution in [3.05, 3.63) is 54.1 Å². The molecule has 0 aromatic heterocycles. The molecule has 2 rings (SSSR count). The van der Waals surface area contributed by atoms with Gasteiger partial charge in [0.25, 0.3) is 0 Å². The minimum Gasteiger partial charge on any atom is -0.450 e. The van der Waals surface area contributed by atoms with Crippen molar-refractivity contribution in [2.45, 2.75) is 13.1 Å². The van der Waals surface area contributed by atoms with Crippen LogP contribution in [0.15, 0.2) is 48.5 Å². The fourth-order valence-electron chi connectivity index (χ4n) is 1.92. The smallest absolute Gasteiger partial charge is 0.418 e. The number of hydrogen-bond donors (Lipinski definition) is 2. The van der Waals surface area contributed by atoms with Gasteiger partial charge in [0, 0.05) is 11.4 Å². The van der Waals surface area contributed by atoms with Crippen molar-refractivity contribution in [2.24, 2.45) is 0 Å². The number of carbonyl (C=O) groups is 1. The Morgan fingerprint density at radius 3 is 2.26 bits per heavy atom. The van der Waals surface area contributed by atoms with Crippen LogP contribution >= 0.6 is 0 Å². The number of hydrogen-bond acceptors (Lipinski definition) is 3. The lowest BCUT2D eigenvalue weighted by Crippen LogP contribution is -2.13. The van der Waals surface area contributed by atoms with Gasteiger partial charge in [-0.2, -0.15) is 13.2 Å². The molecule has 0 radical (unpaired) electrons. The first-order valence-corrected chi connectivity index (χ1v) is 6.87. The third-order valence-electron chi connectivity index (χ3n) is 2.92. The van der Waals surface area contributed by atoms with Crippen LogP contribution in [-0.4, -0.2) is 12.7 Å². The number of ether oxygens (including phenoxy) is 1. The van der Waals surface area contributed by atoms with Gasteiger partial charge in [-0.3, -0.25) is 5.32 Å². The summed E-state index contributed by atoms with van der Waals surface area (Å²) in [5.41, 5.74) is 0.175. The minimum atomic E-state index is -4.44. The largest absolute Gasteiger partial charge is 0.450 e. The monoisotopic (exact) mass is 324 g/mol. The molecule has 2 N–H and O–H groups in total. The van der Waals surface area contributed by atoms with Gasteiger partial charge in [-0.15, -0.1) is 0 Å². The first-order chi connectivity index (χ1) is 10.9. The average Bonchev–Trinajstić information content (AvgIpc) is 2.49. The van der Waals surface area contributed by atoms with E-state index in [1.165, 1.54) is 18.2 Å². The zero-order chi connectivity index (χ0) is 16.9. The van der Waals surface area contributed by atoms with E-state index >= 15 is 0 Å².